The molecule has 104 valence electrons. The number of carbonyl (C=O) groups excluding carboxylic acids is 1. The summed E-state index contributed by atoms with van der Waals surface area (Å²) in [5, 5.41) is 0. The molecule has 0 unspecified atom stereocenters. The molecule has 0 aliphatic carbocycles. The highest BCUT2D eigenvalue weighted by molar-refractivity contribution is 7.08. The second kappa shape index (κ2) is 5.37. The maximum absolute atomic E-state index is 12.5. The van der Waals surface area contributed by atoms with Crippen LogP contribution in [0.4, 0.5) is 0 Å². The summed E-state index contributed by atoms with van der Waals surface area (Å²) in [6, 6.07) is 12.3. The number of benzene rings is 1. The minimum atomic E-state index is 0.0554. The van der Waals surface area contributed by atoms with Crippen molar-refractivity contribution in [2.75, 3.05) is 13.1 Å². The van der Waals surface area contributed by atoms with Gasteiger partial charge in [0.1, 0.15) is 4.88 Å². The Kier molecular flexibility index (Phi) is 3.57. The molecule has 20 heavy (non-hydrogen) atoms. The summed E-state index contributed by atoms with van der Waals surface area (Å²) in [6.07, 6.45) is 3.87. The first-order valence-corrected chi connectivity index (χ1v) is 7.72. The molecule has 1 aliphatic rings. The van der Waals surface area contributed by atoms with Gasteiger partial charge in [0.15, 0.2) is 0 Å². The van der Waals surface area contributed by atoms with Crippen molar-refractivity contribution in [3.05, 3.63) is 53.0 Å². The van der Waals surface area contributed by atoms with Crippen LogP contribution in [-0.2, 0) is 5.41 Å². The van der Waals surface area contributed by atoms with E-state index in [0.29, 0.717) is 0 Å². The number of hydrogen-bond acceptors (Lipinski definition) is 3. The maximum atomic E-state index is 12.5. The zero-order valence-corrected chi connectivity index (χ0v) is 12.4. The lowest BCUT2D eigenvalue weighted by Gasteiger charge is -2.40. The van der Waals surface area contributed by atoms with Crippen molar-refractivity contribution in [2.45, 2.75) is 25.2 Å². The lowest BCUT2D eigenvalue weighted by molar-refractivity contribution is 0.0656. The van der Waals surface area contributed by atoms with Crippen LogP contribution in [0.2, 0.25) is 0 Å². The molecule has 1 atom stereocenters. The fraction of sp³-hybridized carbons (Fsp3) is 0.375. The zero-order chi connectivity index (χ0) is 14.0. The summed E-state index contributed by atoms with van der Waals surface area (Å²) in [5.41, 5.74) is 1.38. The Morgan fingerprint density at radius 3 is 2.80 bits per heavy atom. The fourth-order valence-corrected chi connectivity index (χ4v) is 3.54. The summed E-state index contributed by atoms with van der Waals surface area (Å²) in [7, 11) is 0. The summed E-state index contributed by atoms with van der Waals surface area (Å²) in [5.74, 6) is 0.120. The van der Waals surface area contributed by atoms with Crippen LogP contribution < -0.4 is 0 Å². The Morgan fingerprint density at radius 2 is 2.10 bits per heavy atom. The number of amides is 1. The Hall–Kier alpha value is -1.68. The van der Waals surface area contributed by atoms with Crippen molar-refractivity contribution in [3.63, 3.8) is 0 Å². The van der Waals surface area contributed by atoms with Gasteiger partial charge in [-0.3, -0.25) is 4.79 Å². The third-order valence-corrected chi connectivity index (χ3v) is 4.84. The average Bonchev–Trinajstić information content (AvgIpc) is 3.02. The topological polar surface area (TPSA) is 33.2 Å². The van der Waals surface area contributed by atoms with Gasteiger partial charge in [-0.1, -0.05) is 37.3 Å². The fourth-order valence-electron chi connectivity index (χ4n) is 2.97. The number of carbonyl (C=O) groups is 1. The minimum Gasteiger partial charge on any atom is -0.337 e. The van der Waals surface area contributed by atoms with Crippen LogP contribution >= 0.6 is 11.5 Å². The number of piperidine rings is 1. The molecule has 2 heterocycles. The first-order chi connectivity index (χ1) is 9.69. The first kappa shape index (κ1) is 13.3. The van der Waals surface area contributed by atoms with Crippen molar-refractivity contribution < 1.29 is 4.79 Å². The van der Waals surface area contributed by atoms with Crippen molar-refractivity contribution in [2.24, 2.45) is 0 Å². The van der Waals surface area contributed by atoms with Gasteiger partial charge in [0.25, 0.3) is 5.91 Å². The van der Waals surface area contributed by atoms with E-state index in [9.17, 15) is 4.79 Å². The van der Waals surface area contributed by atoms with E-state index in [1.807, 2.05) is 17.0 Å². The van der Waals surface area contributed by atoms with Gasteiger partial charge in [0, 0.05) is 24.7 Å². The predicted molar refractivity (Wildman–Crippen MR) is 81.0 cm³/mol. The normalized spacial score (nSPS) is 22.8. The second-order valence-corrected chi connectivity index (χ2v) is 6.47. The molecule has 4 heteroatoms. The highest BCUT2D eigenvalue weighted by atomic mass is 32.1. The molecule has 2 aromatic rings. The number of likely N-dealkylation sites (tertiary alicyclic amines) is 1. The van der Waals surface area contributed by atoms with Crippen molar-refractivity contribution >= 4 is 17.4 Å². The lowest BCUT2D eigenvalue weighted by atomic mass is 9.76. The second-order valence-electron chi connectivity index (χ2n) is 5.63. The molecule has 0 N–H and O–H groups in total. The summed E-state index contributed by atoms with van der Waals surface area (Å²) in [6.45, 7) is 3.89. The number of nitrogens with zero attached hydrogens (tertiary/aromatic N) is 2. The summed E-state index contributed by atoms with van der Waals surface area (Å²) < 4.78 is 4.03. The standard InChI is InChI=1S/C16H18N2OS/c1-16(13-6-3-2-4-7-13)9-5-11-18(12-16)15(19)14-8-10-17-20-14/h2-4,6-8,10H,5,9,11-12H2,1H3/t16-/m1/s1. The molecule has 0 spiro atoms. The Bertz CT molecular complexity index is 582. The molecule has 1 amide bonds. The van der Waals surface area contributed by atoms with E-state index in [-0.39, 0.29) is 11.3 Å². The van der Waals surface area contributed by atoms with E-state index in [1.165, 1.54) is 17.1 Å². The van der Waals surface area contributed by atoms with Crippen LogP contribution in [0, 0.1) is 0 Å². The molecule has 1 aromatic heterocycles. The van der Waals surface area contributed by atoms with Gasteiger partial charge < -0.3 is 4.90 Å². The molecular weight excluding hydrogens is 268 g/mol. The maximum Gasteiger partial charge on any atom is 0.265 e. The molecule has 1 aromatic carbocycles. The highest BCUT2D eigenvalue weighted by Gasteiger charge is 2.34. The SMILES string of the molecule is C[C@@]1(c2ccccc2)CCCN(C(=O)c2ccns2)C1. The lowest BCUT2D eigenvalue weighted by Crippen LogP contribution is -2.46. The van der Waals surface area contributed by atoms with Gasteiger partial charge in [0.05, 0.1) is 0 Å². The van der Waals surface area contributed by atoms with Gasteiger partial charge in [-0.15, -0.1) is 0 Å². The van der Waals surface area contributed by atoms with Crippen molar-refractivity contribution in [1.82, 2.24) is 9.27 Å². The Balaban J connectivity index is 1.82. The predicted octanol–water partition coefficient (Wildman–Crippen LogP) is 3.34. The Labute approximate surface area is 123 Å². The summed E-state index contributed by atoms with van der Waals surface area (Å²) >= 11 is 1.28. The first-order valence-electron chi connectivity index (χ1n) is 6.94. The molecule has 1 saturated heterocycles. The molecule has 3 rings (SSSR count). The van der Waals surface area contributed by atoms with Gasteiger partial charge in [-0.25, -0.2) is 4.37 Å². The van der Waals surface area contributed by atoms with E-state index in [4.69, 9.17) is 0 Å². The van der Waals surface area contributed by atoms with E-state index in [2.05, 4.69) is 35.6 Å². The zero-order valence-electron chi connectivity index (χ0n) is 11.6. The van der Waals surface area contributed by atoms with Crippen molar-refractivity contribution in [3.8, 4) is 0 Å². The van der Waals surface area contributed by atoms with E-state index >= 15 is 0 Å². The minimum absolute atomic E-state index is 0.0554. The average molecular weight is 286 g/mol. The van der Waals surface area contributed by atoms with E-state index in [0.717, 1.165) is 30.8 Å². The quantitative estimate of drug-likeness (QED) is 0.848. The monoisotopic (exact) mass is 286 g/mol. The van der Waals surface area contributed by atoms with E-state index in [1.54, 1.807) is 6.20 Å². The number of hydrogen-bond donors (Lipinski definition) is 0. The molecule has 3 nitrogen and oxygen atoms in total. The third kappa shape index (κ3) is 2.48. The van der Waals surface area contributed by atoms with Crippen LogP contribution in [0.15, 0.2) is 42.6 Å². The van der Waals surface area contributed by atoms with Crippen LogP contribution in [0.5, 0.6) is 0 Å². The molecule has 1 fully saturated rings. The largest absolute Gasteiger partial charge is 0.337 e. The summed E-state index contributed by atoms with van der Waals surface area (Å²) in [4.78, 5) is 15.2. The molecule has 0 radical (unpaired) electrons. The van der Waals surface area contributed by atoms with Crippen LogP contribution in [-0.4, -0.2) is 28.3 Å². The number of aromatic nitrogens is 1. The van der Waals surface area contributed by atoms with Gasteiger partial charge in [0.2, 0.25) is 0 Å². The Morgan fingerprint density at radius 1 is 1.30 bits per heavy atom. The van der Waals surface area contributed by atoms with Crippen LogP contribution in [0.3, 0.4) is 0 Å². The molecular formula is C16H18N2OS. The van der Waals surface area contributed by atoms with Gasteiger partial charge >= 0.3 is 0 Å². The van der Waals surface area contributed by atoms with Crippen LogP contribution in [0.25, 0.3) is 0 Å². The highest BCUT2D eigenvalue weighted by Crippen LogP contribution is 2.34. The van der Waals surface area contributed by atoms with Crippen LogP contribution in [0.1, 0.15) is 35.0 Å². The van der Waals surface area contributed by atoms with Gasteiger partial charge in [-0.2, -0.15) is 0 Å². The smallest absolute Gasteiger partial charge is 0.265 e. The molecule has 0 bridgehead atoms. The third-order valence-electron chi connectivity index (χ3n) is 4.10. The van der Waals surface area contributed by atoms with Crippen molar-refractivity contribution in [1.29, 1.82) is 0 Å². The van der Waals surface area contributed by atoms with Gasteiger partial charge in [-0.05, 0) is 36.0 Å². The van der Waals surface area contributed by atoms with E-state index < -0.39 is 0 Å². The molecule has 1 aliphatic heterocycles. The molecule has 0 saturated carbocycles. The number of rotatable bonds is 2.